The molecule has 1 saturated heterocycles. The fraction of sp³-hybridized carbons (Fsp3) is 0.500. The Hall–Kier alpha value is -1.30. The Kier molecular flexibility index (Phi) is 1.22. The van der Waals surface area contributed by atoms with Crippen molar-refractivity contribution in [3.63, 3.8) is 0 Å². The molecule has 0 spiro atoms. The van der Waals surface area contributed by atoms with Gasteiger partial charge in [-0.05, 0) is 12.5 Å². The fourth-order valence-corrected chi connectivity index (χ4v) is 1.58. The summed E-state index contributed by atoms with van der Waals surface area (Å²) in [5.41, 5.74) is 0.692. The predicted molar refractivity (Wildman–Crippen MR) is 36.3 cm³/mol. The molecule has 0 aromatic carbocycles. The highest BCUT2D eigenvalue weighted by atomic mass is 16.5. The summed E-state index contributed by atoms with van der Waals surface area (Å²) in [4.78, 5) is 11.0. The number of carbonyl (C=O) groups is 1. The van der Waals surface area contributed by atoms with Crippen LogP contribution >= 0.6 is 0 Å². The first-order chi connectivity index (χ1) is 5.29. The molecule has 56 valence electrons. The van der Waals surface area contributed by atoms with Crippen LogP contribution in [0.15, 0.2) is 11.6 Å². The molecular weight excluding hydrogens is 142 g/mol. The molecule has 0 aromatic heterocycles. The minimum atomic E-state index is -0.142. The lowest BCUT2D eigenvalue weighted by Crippen LogP contribution is -2.09. The van der Waals surface area contributed by atoms with Crippen molar-refractivity contribution in [3.05, 3.63) is 11.6 Å². The molecule has 0 saturated carbocycles. The highest BCUT2D eigenvalue weighted by molar-refractivity contribution is 5.76. The Labute approximate surface area is 64.3 Å². The first-order valence-corrected chi connectivity index (χ1v) is 3.61. The molecule has 0 N–H and O–H groups in total. The minimum Gasteiger partial charge on any atom is -0.458 e. The first kappa shape index (κ1) is 6.41. The number of ether oxygens (including phenoxy) is 1. The van der Waals surface area contributed by atoms with Gasteiger partial charge in [-0.2, -0.15) is 5.26 Å². The fourth-order valence-electron chi connectivity index (χ4n) is 1.58. The van der Waals surface area contributed by atoms with Gasteiger partial charge in [0.1, 0.15) is 6.10 Å². The molecule has 3 nitrogen and oxygen atoms in total. The Bertz CT molecular complexity index is 274. The second-order valence-corrected chi connectivity index (χ2v) is 2.92. The van der Waals surface area contributed by atoms with Gasteiger partial charge in [-0.3, -0.25) is 4.79 Å². The van der Waals surface area contributed by atoms with Crippen molar-refractivity contribution in [2.75, 3.05) is 0 Å². The lowest BCUT2D eigenvalue weighted by molar-refractivity contribution is -0.142. The van der Waals surface area contributed by atoms with Crippen LogP contribution in [0, 0.1) is 17.2 Å². The smallest absolute Gasteiger partial charge is 0.310 e. The van der Waals surface area contributed by atoms with Crippen LogP contribution in [0.1, 0.15) is 12.8 Å². The molecule has 2 atom stereocenters. The number of hydrogen-bond acceptors (Lipinski definition) is 3. The molecular formula is C8H7NO2. The van der Waals surface area contributed by atoms with E-state index in [1.54, 1.807) is 6.08 Å². The summed E-state index contributed by atoms with van der Waals surface area (Å²) < 4.78 is 4.95. The lowest BCUT2D eigenvalue weighted by Gasteiger charge is -2.08. The van der Waals surface area contributed by atoms with E-state index in [0.717, 1.165) is 6.42 Å². The SMILES string of the molecule is N#CC1=CC2CC(C1)C(=O)O2. The Morgan fingerprint density at radius 1 is 1.73 bits per heavy atom. The third-order valence-corrected chi connectivity index (χ3v) is 2.11. The van der Waals surface area contributed by atoms with Gasteiger partial charge in [-0.15, -0.1) is 0 Å². The van der Waals surface area contributed by atoms with E-state index in [4.69, 9.17) is 10.00 Å². The molecule has 0 amide bonds. The van der Waals surface area contributed by atoms with Gasteiger partial charge in [-0.1, -0.05) is 0 Å². The van der Waals surface area contributed by atoms with Crippen LogP contribution in [-0.4, -0.2) is 12.1 Å². The summed E-state index contributed by atoms with van der Waals surface area (Å²) in [5.74, 6) is -0.184. The Morgan fingerprint density at radius 2 is 2.55 bits per heavy atom. The second-order valence-electron chi connectivity index (χ2n) is 2.92. The van der Waals surface area contributed by atoms with Crippen LogP contribution in [-0.2, 0) is 9.53 Å². The maximum absolute atomic E-state index is 11.0. The topological polar surface area (TPSA) is 50.1 Å². The van der Waals surface area contributed by atoms with E-state index in [2.05, 4.69) is 6.07 Å². The number of esters is 1. The molecule has 0 aromatic rings. The number of nitrogens with zero attached hydrogens (tertiary/aromatic N) is 1. The maximum Gasteiger partial charge on any atom is 0.310 e. The van der Waals surface area contributed by atoms with Crippen molar-refractivity contribution in [2.45, 2.75) is 18.9 Å². The minimum absolute atomic E-state index is 0.0420. The Balaban J connectivity index is 2.27. The van der Waals surface area contributed by atoms with Crippen molar-refractivity contribution >= 4 is 5.97 Å². The average Bonchev–Trinajstić information content (AvgIpc) is 2.26. The number of allylic oxidation sites excluding steroid dienone is 1. The number of fused-ring (bicyclic) bond motifs is 2. The van der Waals surface area contributed by atoms with Gasteiger partial charge in [0.05, 0.1) is 12.0 Å². The molecule has 2 aliphatic rings. The number of nitriles is 1. The molecule has 2 bridgehead atoms. The average molecular weight is 149 g/mol. The number of hydrogen-bond donors (Lipinski definition) is 0. The van der Waals surface area contributed by atoms with Crippen molar-refractivity contribution in [1.29, 1.82) is 5.26 Å². The molecule has 0 radical (unpaired) electrons. The summed E-state index contributed by atoms with van der Waals surface area (Å²) in [6.07, 6.45) is 2.98. The van der Waals surface area contributed by atoms with Crippen molar-refractivity contribution in [1.82, 2.24) is 0 Å². The van der Waals surface area contributed by atoms with Gasteiger partial charge in [0, 0.05) is 12.0 Å². The summed E-state index contributed by atoms with van der Waals surface area (Å²) in [6.45, 7) is 0. The molecule has 3 heteroatoms. The normalized spacial score (nSPS) is 34.1. The van der Waals surface area contributed by atoms with Crippen LogP contribution in [0.2, 0.25) is 0 Å². The van der Waals surface area contributed by atoms with Gasteiger partial charge in [0.2, 0.25) is 0 Å². The predicted octanol–water partition coefficient (Wildman–Crippen LogP) is 0.772. The third-order valence-electron chi connectivity index (χ3n) is 2.11. The zero-order valence-electron chi connectivity index (χ0n) is 5.91. The molecule has 11 heavy (non-hydrogen) atoms. The molecule has 1 aliphatic carbocycles. The molecule has 1 heterocycles. The summed E-state index contributed by atoms with van der Waals surface area (Å²) in [7, 11) is 0. The van der Waals surface area contributed by atoms with E-state index < -0.39 is 0 Å². The van der Waals surface area contributed by atoms with Gasteiger partial charge in [0.25, 0.3) is 0 Å². The van der Waals surface area contributed by atoms with E-state index in [9.17, 15) is 4.79 Å². The van der Waals surface area contributed by atoms with Crippen LogP contribution < -0.4 is 0 Å². The molecule has 2 rings (SSSR count). The maximum atomic E-state index is 11.0. The molecule has 2 unspecified atom stereocenters. The highest BCUT2D eigenvalue weighted by Gasteiger charge is 2.37. The summed E-state index contributed by atoms with van der Waals surface area (Å²) in [6, 6.07) is 2.05. The zero-order valence-corrected chi connectivity index (χ0v) is 5.91. The van der Waals surface area contributed by atoms with Gasteiger partial charge >= 0.3 is 5.97 Å². The first-order valence-electron chi connectivity index (χ1n) is 3.61. The highest BCUT2D eigenvalue weighted by Crippen LogP contribution is 2.32. The van der Waals surface area contributed by atoms with Crippen LogP contribution in [0.25, 0.3) is 0 Å². The van der Waals surface area contributed by atoms with Gasteiger partial charge in [-0.25, -0.2) is 0 Å². The van der Waals surface area contributed by atoms with Crippen LogP contribution in [0.4, 0.5) is 0 Å². The van der Waals surface area contributed by atoms with E-state index in [1.165, 1.54) is 0 Å². The third kappa shape index (κ3) is 0.911. The molecule has 1 fully saturated rings. The van der Waals surface area contributed by atoms with E-state index in [-0.39, 0.29) is 18.0 Å². The van der Waals surface area contributed by atoms with E-state index in [1.807, 2.05) is 0 Å². The quantitative estimate of drug-likeness (QED) is 0.478. The van der Waals surface area contributed by atoms with Crippen LogP contribution in [0.3, 0.4) is 0 Å². The summed E-state index contributed by atoms with van der Waals surface area (Å²) >= 11 is 0. The van der Waals surface area contributed by atoms with Gasteiger partial charge in [0.15, 0.2) is 0 Å². The standard InChI is InChI=1S/C8H7NO2/c9-4-5-1-6-3-7(2-5)11-8(6)10/h2,6-7H,1,3H2. The van der Waals surface area contributed by atoms with Crippen molar-refractivity contribution < 1.29 is 9.53 Å². The van der Waals surface area contributed by atoms with Crippen LogP contribution in [0.5, 0.6) is 0 Å². The van der Waals surface area contributed by atoms with Crippen molar-refractivity contribution in [3.8, 4) is 6.07 Å². The molecule has 1 aliphatic heterocycles. The second kappa shape index (κ2) is 2.09. The Morgan fingerprint density at radius 3 is 3.18 bits per heavy atom. The van der Waals surface area contributed by atoms with Gasteiger partial charge < -0.3 is 4.74 Å². The lowest BCUT2D eigenvalue weighted by atomic mass is 9.91. The monoisotopic (exact) mass is 149 g/mol. The number of carbonyl (C=O) groups excluding carboxylic acids is 1. The largest absolute Gasteiger partial charge is 0.458 e. The zero-order chi connectivity index (χ0) is 7.84. The summed E-state index contributed by atoms with van der Waals surface area (Å²) in [5, 5.41) is 8.56. The van der Waals surface area contributed by atoms with Crippen molar-refractivity contribution in [2.24, 2.45) is 5.92 Å². The van der Waals surface area contributed by atoms with E-state index >= 15 is 0 Å². The number of rotatable bonds is 0. The van der Waals surface area contributed by atoms with E-state index in [0.29, 0.717) is 12.0 Å².